The summed E-state index contributed by atoms with van der Waals surface area (Å²) in [6, 6.07) is 0.337. The third-order valence-corrected chi connectivity index (χ3v) is 3.35. The fourth-order valence-electron chi connectivity index (χ4n) is 2.35. The fraction of sp³-hybridized carbons (Fsp3) is 0.429. The molecule has 2 unspecified atom stereocenters. The van der Waals surface area contributed by atoms with Gasteiger partial charge >= 0.3 is 0 Å². The lowest BCUT2D eigenvalue weighted by atomic mass is 9.91. The first-order chi connectivity index (χ1) is 9.92. The van der Waals surface area contributed by atoms with E-state index in [9.17, 15) is 0 Å². The summed E-state index contributed by atoms with van der Waals surface area (Å²) in [7, 11) is 0. The van der Waals surface area contributed by atoms with Gasteiger partial charge in [-0.1, -0.05) is 12.8 Å². The first kappa shape index (κ1) is 12.8. The first-order valence-corrected chi connectivity index (χ1v) is 6.77. The Balaban J connectivity index is 1.67. The third-order valence-electron chi connectivity index (χ3n) is 3.35. The maximum atomic E-state index is 5.15. The Bertz CT molecular complexity index is 508. The zero-order valence-corrected chi connectivity index (χ0v) is 11.1. The summed E-state index contributed by atoms with van der Waals surface area (Å²) in [5, 5.41) is 0. The smallest absolute Gasteiger partial charge is 0.236 e. The molecule has 0 spiro atoms. The Hall–Kier alpha value is -2.24. The van der Waals surface area contributed by atoms with Crippen LogP contribution in [0.15, 0.2) is 43.7 Å². The lowest BCUT2D eigenvalue weighted by Crippen LogP contribution is -2.27. The maximum absolute atomic E-state index is 5.15. The molecule has 1 aliphatic rings. The van der Waals surface area contributed by atoms with Crippen molar-refractivity contribution in [1.29, 1.82) is 0 Å². The molecular weight excluding hydrogens is 256 g/mol. The molecule has 1 saturated carbocycles. The lowest BCUT2D eigenvalue weighted by molar-refractivity contribution is 0.389. The summed E-state index contributed by atoms with van der Waals surface area (Å²) in [4.78, 5) is 17.2. The quantitative estimate of drug-likeness (QED) is 0.801. The van der Waals surface area contributed by atoms with Gasteiger partial charge < -0.3 is 8.83 Å². The third kappa shape index (κ3) is 3.20. The van der Waals surface area contributed by atoms with E-state index in [1.165, 1.54) is 12.8 Å². The van der Waals surface area contributed by atoms with Crippen molar-refractivity contribution < 1.29 is 8.83 Å². The van der Waals surface area contributed by atoms with Gasteiger partial charge in [0.25, 0.3) is 0 Å². The van der Waals surface area contributed by atoms with E-state index in [4.69, 9.17) is 8.83 Å². The van der Waals surface area contributed by atoms with Crippen LogP contribution in [0.3, 0.4) is 0 Å². The van der Waals surface area contributed by atoms with Crippen molar-refractivity contribution in [2.24, 2.45) is 9.98 Å². The minimum absolute atomic E-state index is 0.168. The second-order valence-electron chi connectivity index (χ2n) is 4.72. The zero-order valence-electron chi connectivity index (χ0n) is 11.1. The fourth-order valence-corrected chi connectivity index (χ4v) is 2.35. The number of nitrogens with zero attached hydrogens (tertiary/aromatic N) is 4. The SMILES string of the molecule is C(=N\C1CCCCC1/N=C/c1ncco1)/c1ncco1. The summed E-state index contributed by atoms with van der Waals surface area (Å²) < 4.78 is 10.3. The predicted molar refractivity (Wildman–Crippen MR) is 74.2 cm³/mol. The van der Waals surface area contributed by atoms with Crippen LogP contribution in [0.4, 0.5) is 0 Å². The maximum Gasteiger partial charge on any atom is 0.236 e. The molecule has 0 bridgehead atoms. The minimum atomic E-state index is 0.168. The molecule has 104 valence electrons. The van der Waals surface area contributed by atoms with Crippen molar-refractivity contribution in [3.05, 3.63) is 36.7 Å². The number of aromatic nitrogens is 2. The highest BCUT2D eigenvalue weighted by Crippen LogP contribution is 2.23. The van der Waals surface area contributed by atoms with Crippen molar-refractivity contribution in [2.45, 2.75) is 37.8 Å². The number of hydrogen-bond acceptors (Lipinski definition) is 6. The summed E-state index contributed by atoms with van der Waals surface area (Å²) in [6.07, 6.45) is 14.1. The summed E-state index contributed by atoms with van der Waals surface area (Å²) in [5.74, 6) is 1.07. The van der Waals surface area contributed by atoms with Crippen molar-refractivity contribution in [3.63, 3.8) is 0 Å². The zero-order chi connectivity index (χ0) is 13.6. The molecule has 3 rings (SSSR count). The van der Waals surface area contributed by atoms with E-state index in [0.717, 1.165) is 12.8 Å². The monoisotopic (exact) mass is 272 g/mol. The van der Waals surface area contributed by atoms with E-state index in [-0.39, 0.29) is 12.1 Å². The molecule has 20 heavy (non-hydrogen) atoms. The molecule has 0 radical (unpaired) electrons. The molecule has 1 aliphatic carbocycles. The van der Waals surface area contributed by atoms with E-state index in [1.54, 1.807) is 37.3 Å². The van der Waals surface area contributed by atoms with Gasteiger partial charge in [-0.05, 0) is 12.8 Å². The van der Waals surface area contributed by atoms with Crippen LogP contribution < -0.4 is 0 Å². The van der Waals surface area contributed by atoms with Crippen LogP contribution >= 0.6 is 0 Å². The second-order valence-corrected chi connectivity index (χ2v) is 4.72. The largest absolute Gasteiger partial charge is 0.444 e. The molecule has 0 saturated heterocycles. The molecule has 2 aromatic rings. The number of rotatable bonds is 4. The Kier molecular flexibility index (Phi) is 4.01. The van der Waals surface area contributed by atoms with Gasteiger partial charge in [0, 0.05) is 0 Å². The van der Waals surface area contributed by atoms with E-state index >= 15 is 0 Å². The van der Waals surface area contributed by atoms with E-state index < -0.39 is 0 Å². The first-order valence-electron chi connectivity index (χ1n) is 6.77. The van der Waals surface area contributed by atoms with Crippen molar-refractivity contribution in [1.82, 2.24) is 9.97 Å². The Morgan fingerprint density at radius 2 is 1.40 bits per heavy atom. The van der Waals surface area contributed by atoms with Gasteiger partial charge in [-0.15, -0.1) is 0 Å². The molecular formula is C14H16N4O2. The molecule has 6 heteroatoms. The van der Waals surface area contributed by atoms with Crippen molar-refractivity contribution >= 4 is 12.4 Å². The lowest BCUT2D eigenvalue weighted by Gasteiger charge is -2.25. The molecule has 1 fully saturated rings. The number of oxazole rings is 2. The average Bonchev–Trinajstić information content (AvgIpc) is 3.17. The van der Waals surface area contributed by atoms with E-state index in [1.807, 2.05) is 0 Å². The number of hydrogen-bond donors (Lipinski definition) is 0. The van der Waals surface area contributed by atoms with Crippen LogP contribution in [0.1, 0.15) is 37.5 Å². The van der Waals surface area contributed by atoms with Crippen LogP contribution in [0, 0.1) is 0 Å². The Morgan fingerprint density at radius 3 is 1.80 bits per heavy atom. The van der Waals surface area contributed by atoms with E-state index in [0.29, 0.717) is 11.8 Å². The molecule has 2 heterocycles. The molecule has 0 N–H and O–H groups in total. The second kappa shape index (κ2) is 6.27. The van der Waals surface area contributed by atoms with Gasteiger partial charge in [0.2, 0.25) is 11.8 Å². The van der Waals surface area contributed by atoms with Gasteiger partial charge in [0.1, 0.15) is 12.5 Å². The summed E-state index contributed by atoms with van der Waals surface area (Å²) >= 11 is 0. The topological polar surface area (TPSA) is 76.8 Å². The molecule has 0 aromatic carbocycles. The predicted octanol–water partition coefficient (Wildman–Crippen LogP) is 2.51. The normalized spacial score (nSPS) is 23.8. The highest BCUT2D eigenvalue weighted by atomic mass is 16.3. The molecule has 6 nitrogen and oxygen atoms in total. The highest BCUT2D eigenvalue weighted by Gasteiger charge is 2.23. The van der Waals surface area contributed by atoms with Crippen LogP contribution in [-0.2, 0) is 0 Å². The standard InChI is InChI=1S/C14H16N4O2/c1-2-4-12(18-10-14-16-6-8-20-14)11(3-1)17-9-13-15-5-7-19-13/h5-12H,1-4H2/b17-9+,18-10+. The van der Waals surface area contributed by atoms with E-state index in [2.05, 4.69) is 20.0 Å². The highest BCUT2D eigenvalue weighted by molar-refractivity contribution is 5.74. The van der Waals surface area contributed by atoms with Crippen LogP contribution in [0.2, 0.25) is 0 Å². The molecule has 2 aromatic heterocycles. The van der Waals surface area contributed by atoms with Crippen LogP contribution in [0.25, 0.3) is 0 Å². The van der Waals surface area contributed by atoms with Gasteiger partial charge in [0.05, 0.1) is 36.9 Å². The van der Waals surface area contributed by atoms with Crippen LogP contribution in [-0.4, -0.2) is 34.5 Å². The van der Waals surface area contributed by atoms with Gasteiger partial charge in [-0.3, -0.25) is 9.98 Å². The summed E-state index contributed by atoms with van der Waals surface area (Å²) in [6.45, 7) is 0. The average molecular weight is 272 g/mol. The van der Waals surface area contributed by atoms with Crippen molar-refractivity contribution in [3.8, 4) is 0 Å². The minimum Gasteiger partial charge on any atom is -0.444 e. The van der Waals surface area contributed by atoms with Gasteiger partial charge in [-0.2, -0.15) is 0 Å². The van der Waals surface area contributed by atoms with Gasteiger partial charge in [0.15, 0.2) is 0 Å². The molecule has 0 amide bonds. The number of aliphatic imine (C=N–C) groups is 2. The van der Waals surface area contributed by atoms with Crippen molar-refractivity contribution in [2.75, 3.05) is 0 Å². The molecule has 2 atom stereocenters. The summed E-state index contributed by atoms with van der Waals surface area (Å²) in [5.41, 5.74) is 0. The van der Waals surface area contributed by atoms with Gasteiger partial charge in [-0.25, -0.2) is 9.97 Å². The van der Waals surface area contributed by atoms with Crippen LogP contribution in [0.5, 0.6) is 0 Å². The molecule has 0 aliphatic heterocycles. The Labute approximate surface area is 116 Å². The Morgan fingerprint density at radius 1 is 0.900 bits per heavy atom.